The molecule has 2 saturated heterocycles. The van der Waals surface area contributed by atoms with Gasteiger partial charge in [-0.05, 0) is 12.1 Å². The van der Waals surface area contributed by atoms with Gasteiger partial charge in [0, 0.05) is 62.6 Å². The Morgan fingerprint density at radius 2 is 1.95 bits per heavy atom. The monoisotopic (exact) mass is 550 g/mol. The zero-order chi connectivity index (χ0) is 28.1. The molecule has 0 aliphatic carbocycles. The van der Waals surface area contributed by atoms with Crippen molar-refractivity contribution in [2.24, 2.45) is 0 Å². The number of amides is 1. The molecule has 12 nitrogen and oxygen atoms in total. The molecule has 2 unspecified atom stereocenters. The molecular formula is C28H38N8O4. The minimum atomic E-state index is -0.738. The predicted molar refractivity (Wildman–Crippen MR) is 153 cm³/mol. The summed E-state index contributed by atoms with van der Waals surface area (Å²) in [5, 5.41) is 21.4. The summed E-state index contributed by atoms with van der Waals surface area (Å²) in [7, 11) is 1.80. The van der Waals surface area contributed by atoms with E-state index in [-0.39, 0.29) is 19.1 Å². The SMILES string of the molecule is CCC.CNc1cc(-c2cn(CCN3CCOCC3)c3ncccc23)nc2c(C(=O)NC3COCC3O)cnn12. The molecule has 3 N–H and O–H groups in total. The maximum absolute atomic E-state index is 13.1. The van der Waals surface area contributed by atoms with Crippen molar-refractivity contribution in [3.63, 3.8) is 0 Å². The summed E-state index contributed by atoms with van der Waals surface area (Å²) >= 11 is 0. The number of anilines is 1. The Labute approximate surface area is 233 Å². The van der Waals surface area contributed by atoms with Gasteiger partial charge in [-0.1, -0.05) is 20.3 Å². The van der Waals surface area contributed by atoms with Crippen LogP contribution in [0.25, 0.3) is 27.9 Å². The van der Waals surface area contributed by atoms with Crippen LogP contribution in [0.3, 0.4) is 0 Å². The van der Waals surface area contributed by atoms with E-state index >= 15 is 0 Å². The summed E-state index contributed by atoms with van der Waals surface area (Å²) in [5.41, 5.74) is 3.27. The Morgan fingerprint density at radius 3 is 2.67 bits per heavy atom. The average Bonchev–Trinajstić information content (AvgIpc) is 3.69. The van der Waals surface area contributed by atoms with Gasteiger partial charge in [0.1, 0.15) is 17.0 Å². The molecule has 4 aromatic heterocycles. The van der Waals surface area contributed by atoms with Gasteiger partial charge in [-0.25, -0.2) is 9.97 Å². The van der Waals surface area contributed by atoms with Gasteiger partial charge in [0.25, 0.3) is 5.91 Å². The first-order chi connectivity index (χ1) is 19.5. The number of morpholine rings is 1. The van der Waals surface area contributed by atoms with Crippen molar-refractivity contribution in [1.82, 2.24) is 34.4 Å². The highest BCUT2D eigenvalue weighted by Gasteiger charge is 2.29. The number of hydrogen-bond acceptors (Lipinski definition) is 9. The molecule has 2 aliphatic heterocycles. The lowest BCUT2D eigenvalue weighted by Crippen LogP contribution is -2.42. The van der Waals surface area contributed by atoms with Gasteiger partial charge in [-0.15, -0.1) is 0 Å². The minimum absolute atomic E-state index is 0.204. The predicted octanol–water partition coefficient (Wildman–Crippen LogP) is 2.03. The van der Waals surface area contributed by atoms with Crippen molar-refractivity contribution in [1.29, 1.82) is 0 Å². The highest BCUT2D eigenvalue weighted by Crippen LogP contribution is 2.31. The lowest BCUT2D eigenvalue weighted by Gasteiger charge is -2.26. The first-order valence-corrected chi connectivity index (χ1v) is 13.9. The Morgan fingerprint density at radius 1 is 1.15 bits per heavy atom. The third kappa shape index (κ3) is 5.80. The standard InChI is InChI=1S/C25H30N8O4.C3H8/c1-26-22-11-19(29-24-17(12-28-33(22)24)25(35)30-20-14-37-15-21(20)34)18-13-32(23-16(18)3-2-4-27-23)6-5-31-7-9-36-10-8-31;1-3-2/h2-4,11-13,20-21,26,34H,5-10,14-15H2,1H3,(H,30,35);3H2,1-2H3. The molecule has 0 spiro atoms. The van der Waals surface area contributed by atoms with E-state index in [2.05, 4.69) is 50.2 Å². The lowest BCUT2D eigenvalue weighted by molar-refractivity contribution is 0.0365. The number of carbonyl (C=O) groups is 1. The van der Waals surface area contributed by atoms with Crippen LogP contribution >= 0.6 is 0 Å². The second-order valence-electron chi connectivity index (χ2n) is 10.0. The number of aliphatic hydroxyl groups is 1. The molecule has 2 atom stereocenters. The Kier molecular flexibility index (Phi) is 8.90. The fourth-order valence-electron chi connectivity index (χ4n) is 4.94. The molecule has 1 amide bonds. The number of rotatable bonds is 7. The maximum Gasteiger partial charge on any atom is 0.257 e. The Balaban J connectivity index is 0.00000103. The zero-order valence-corrected chi connectivity index (χ0v) is 23.3. The third-order valence-electron chi connectivity index (χ3n) is 7.01. The van der Waals surface area contributed by atoms with Crippen LogP contribution in [0.5, 0.6) is 0 Å². The number of carbonyl (C=O) groups excluding carboxylic acids is 1. The van der Waals surface area contributed by atoms with Crippen molar-refractivity contribution < 1.29 is 19.4 Å². The summed E-state index contributed by atoms with van der Waals surface area (Å²) in [6, 6.07) is 5.41. The normalized spacial score (nSPS) is 19.5. The lowest BCUT2D eigenvalue weighted by atomic mass is 10.1. The second kappa shape index (κ2) is 12.7. The van der Waals surface area contributed by atoms with Gasteiger partial charge >= 0.3 is 0 Å². The van der Waals surface area contributed by atoms with Crippen molar-refractivity contribution >= 4 is 28.4 Å². The topological polar surface area (TPSA) is 131 Å². The van der Waals surface area contributed by atoms with Crippen LogP contribution in [0.2, 0.25) is 0 Å². The van der Waals surface area contributed by atoms with E-state index in [1.54, 1.807) is 17.8 Å². The summed E-state index contributed by atoms with van der Waals surface area (Å²) in [4.78, 5) is 25.0. The number of hydrogen-bond donors (Lipinski definition) is 3. The Bertz CT molecular complexity index is 1450. The molecule has 0 radical (unpaired) electrons. The molecule has 0 saturated carbocycles. The molecule has 12 heteroatoms. The smallest absolute Gasteiger partial charge is 0.257 e. The average molecular weight is 551 g/mol. The number of pyridine rings is 1. The highest BCUT2D eigenvalue weighted by atomic mass is 16.5. The highest BCUT2D eigenvalue weighted by molar-refractivity contribution is 6.01. The van der Waals surface area contributed by atoms with Gasteiger partial charge < -0.3 is 29.8 Å². The molecule has 2 aliphatic rings. The fraction of sp³-hybridized carbons (Fsp3) is 0.500. The van der Waals surface area contributed by atoms with Crippen LogP contribution in [0.1, 0.15) is 30.6 Å². The van der Waals surface area contributed by atoms with E-state index in [9.17, 15) is 9.90 Å². The van der Waals surface area contributed by atoms with Crippen LogP contribution in [0.4, 0.5) is 5.82 Å². The van der Waals surface area contributed by atoms with Crippen LogP contribution < -0.4 is 10.6 Å². The van der Waals surface area contributed by atoms with Crippen LogP contribution in [-0.2, 0) is 16.0 Å². The van der Waals surface area contributed by atoms with E-state index in [0.717, 1.165) is 56.0 Å². The number of aliphatic hydroxyl groups excluding tert-OH is 1. The first kappa shape index (κ1) is 28.0. The maximum atomic E-state index is 13.1. The quantitative estimate of drug-likeness (QED) is 0.316. The molecule has 40 heavy (non-hydrogen) atoms. The molecule has 0 aromatic carbocycles. The second-order valence-corrected chi connectivity index (χ2v) is 10.0. The summed E-state index contributed by atoms with van der Waals surface area (Å²) in [5.74, 6) is 0.340. The largest absolute Gasteiger partial charge is 0.388 e. The molecule has 4 aromatic rings. The summed E-state index contributed by atoms with van der Waals surface area (Å²) in [6.07, 6.45) is 5.89. The number of nitrogens with zero attached hydrogens (tertiary/aromatic N) is 6. The molecule has 0 bridgehead atoms. The zero-order valence-electron chi connectivity index (χ0n) is 23.3. The van der Waals surface area contributed by atoms with E-state index < -0.39 is 12.1 Å². The van der Waals surface area contributed by atoms with Crippen molar-refractivity contribution in [2.75, 3.05) is 58.4 Å². The summed E-state index contributed by atoms with van der Waals surface area (Å²) < 4.78 is 14.5. The van der Waals surface area contributed by atoms with Crippen LogP contribution in [0, 0.1) is 0 Å². The summed E-state index contributed by atoms with van der Waals surface area (Å²) in [6.45, 7) is 9.81. The van der Waals surface area contributed by atoms with Crippen molar-refractivity contribution in [3.8, 4) is 11.3 Å². The van der Waals surface area contributed by atoms with Gasteiger partial charge in [0.05, 0.1) is 50.5 Å². The van der Waals surface area contributed by atoms with Crippen molar-refractivity contribution in [2.45, 2.75) is 39.0 Å². The molecule has 6 rings (SSSR count). The van der Waals surface area contributed by atoms with Crippen LogP contribution in [-0.4, -0.2) is 105 Å². The van der Waals surface area contributed by atoms with Crippen LogP contribution in [0.15, 0.2) is 36.8 Å². The van der Waals surface area contributed by atoms with Crippen molar-refractivity contribution in [3.05, 3.63) is 42.4 Å². The molecule has 2 fully saturated rings. The van der Waals surface area contributed by atoms with Gasteiger partial charge in [0.15, 0.2) is 5.65 Å². The van der Waals surface area contributed by atoms with E-state index in [1.165, 1.54) is 12.6 Å². The Hall–Kier alpha value is -3.58. The van der Waals surface area contributed by atoms with Gasteiger partial charge in [0.2, 0.25) is 0 Å². The number of nitrogens with one attached hydrogen (secondary N) is 2. The first-order valence-electron chi connectivity index (χ1n) is 13.9. The van der Waals surface area contributed by atoms with E-state index in [4.69, 9.17) is 14.5 Å². The third-order valence-corrected chi connectivity index (χ3v) is 7.01. The number of fused-ring (bicyclic) bond motifs is 2. The van der Waals surface area contributed by atoms with Gasteiger partial charge in [-0.3, -0.25) is 9.69 Å². The number of aromatic nitrogens is 5. The minimum Gasteiger partial charge on any atom is -0.388 e. The molecular weight excluding hydrogens is 512 g/mol. The molecule has 214 valence electrons. The van der Waals surface area contributed by atoms with E-state index in [0.29, 0.717) is 22.7 Å². The van der Waals surface area contributed by atoms with Gasteiger partial charge in [-0.2, -0.15) is 9.61 Å². The number of ether oxygens (including phenoxy) is 2. The molecule has 6 heterocycles. The fourth-order valence-corrected chi connectivity index (χ4v) is 4.94. The van der Waals surface area contributed by atoms with E-state index in [1.807, 2.05) is 18.2 Å².